The topological polar surface area (TPSA) is 78.4 Å². The molecule has 5 nitrogen and oxygen atoms in total. The SMILES string of the molecule is CC(=O)Nc1ccc(/C=C/C(=O)NCC(O)CC(C)C)cc1. The molecule has 1 unspecified atom stereocenters. The van der Waals surface area contributed by atoms with Gasteiger partial charge in [0.1, 0.15) is 0 Å². The Morgan fingerprint density at radius 1 is 1.23 bits per heavy atom. The number of carbonyl (C=O) groups excluding carboxylic acids is 2. The molecular formula is C17H24N2O3. The first-order chi connectivity index (χ1) is 10.4. The third-order valence-corrected chi connectivity index (χ3v) is 2.91. The first-order valence-electron chi connectivity index (χ1n) is 7.38. The molecule has 0 spiro atoms. The highest BCUT2D eigenvalue weighted by molar-refractivity contribution is 5.92. The van der Waals surface area contributed by atoms with E-state index >= 15 is 0 Å². The molecule has 1 aromatic carbocycles. The molecule has 1 atom stereocenters. The smallest absolute Gasteiger partial charge is 0.244 e. The fraction of sp³-hybridized carbons (Fsp3) is 0.412. The van der Waals surface area contributed by atoms with Crippen molar-refractivity contribution < 1.29 is 14.7 Å². The third-order valence-electron chi connectivity index (χ3n) is 2.91. The van der Waals surface area contributed by atoms with Crippen LogP contribution in [0.4, 0.5) is 5.69 Å². The summed E-state index contributed by atoms with van der Waals surface area (Å²) in [7, 11) is 0. The van der Waals surface area contributed by atoms with E-state index in [2.05, 4.69) is 10.6 Å². The number of aliphatic hydroxyl groups is 1. The minimum Gasteiger partial charge on any atom is -0.391 e. The van der Waals surface area contributed by atoms with Crippen molar-refractivity contribution in [2.45, 2.75) is 33.3 Å². The summed E-state index contributed by atoms with van der Waals surface area (Å²) in [4.78, 5) is 22.6. The molecule has 0 aliphatic carbocycles. The Kier molecular flexibility index (Phi) is 7.32. The van der Waals surface area contributed by atoms with E-state index in [4.69, 9.17) is 0 Å². The van der Waals surface area contributed by atoms with Gasteiger partial charge in [-0.05, 0) is 36.1 Å². The molecule has 22 heavy (non-hydrogen) atoms. The summed E-state index contributed by atoms with van der Waals surface area (Å²) >= 11 is 0. The number of rotatable bonds is 7. The molecule has 0 radical (unpaired) electrons. The molecule has 0 aliphatic rings. The zero-order valence-electron chi connectivity index (χ0n) is 13.3. The number of hydrogen-bond donors (Lipinski definition) is 3. The van der Waals surface area contributed by atoms with Crippen LogP contribution in [0.15, 0.2) is 30.3 Å². The number of aliphatic hydroxyl groups excluding tert-OH is 1. The lowest BCUT2D eigenvalue weighted by molar-refractivity contribution is -0.117. The van der Waals surface area contributed by atoms with Gasteiger partial charge >= 0.3 is 0 Å². The first kappa shape index (κ1) is 17.9. The molecule has 3 N–H and O–H groups in total. The van der Waals surface area contributed by atoms with Crippen LogP contribution in [0.5, 0.6) is 0 Å². The molecule has 120 valence electrons. The number of benzene rings is 1. The van der Waals surface area contributed by atoms with Crippen LogP contribution in [0.2, 0.25) is 0 Å². The minimum atomic E-state index is -0.519. The lowest BCUT2D eigenvalue weighted by atomic mass is 10.1. The predicted molar refractivity (Wildman–Crippen MR) is 88.3 cm³/mol. The summed E-state index contributed by atoms with van der Waals surface area (Å²) < 4.78 is 0. The third kappa shape index (κ3) is 7.59. The van der Waals surface area contributed by atoms with Gasteiger partial charge in [-0.25, -0.2) is 0 Å². The summed E-state index contributed by atoms with van der Waals surface area (Å²) in [5, 5.41) is 15.0. The Balaban J connectivity index is 2.43. The van der Waals surface area contributed by atoms with Crippen LogP contribution in [0, 0.1) is 5.92 Å². The molecule has 0 fully saturated rings. The quantitative estimate of drug-likeness (QED) is 0.676. The second kappa shape index (κ2) is 9.00. The maximum absolute atomic E-state index is 11.7. The number of hydrogen-bond acceptors (Lipinski definition) is 3. The summed E-state index contributed by atoms with van der Waals surface area (Å²) in [6.45, 7) is 5.75. The van der Waals surface area contributed by atoms with Crippen LogP contribution < -0.4 is 10.6 Å². The highest BCUT2D eigenvalue weighted by Gasteiger charge is 2.07. The van der Waals surface area contributed by atoms with Gasteiger partial charge in [0.05, 0.1) is 6.10 Å². The van der Waals surface area contributed by atoms with Crippen LogP contribution in [0.3, 0.4) is 0 Å². The zero-order valence-corrected chi connectivity index (χ0v) is 13.3. The Morgan fingerprint density at radius 2 is 1.86 bits per heavy atom. The van der Waals surface area contributed by atoms with Crippen molar-refractivity contribution in [3.8, 4) is 0 Å². The van der Waals surface area contributed by atoms with Crippen LogP contribution in [-0.4, -0.2) is 29.6 Å². The summed E-state index contributed by atoms with van der Waals surface area (Å²) in [6.07, 6.45) is 3.25. The highest BCUT2D eigenvalue weighted by atomic mass is 16.3. The Morgan fingerprint density at radius 3 is 2.41 bits per heavy atom. The van der Waals surface area contributed by atoms with Gasteiger partial charge in [-0.1, -0.05) is 26.0 Å². The number of amides is 2. The van der Waals surface area contributed by atoms with Crippen LogP contribution in [-0.2, 0) is 9.59 Å². The molecule has 0 saturated heterocycles. The largest absolute Gasteiger partial charge is 0.391 e. The van der Waals surface area contributed by atoms with Gasteiger partial charge in [0.15, 0.2) is 0 Å². The molecule has 1 aromatic rings. The Bertz CT molecular complexity index is 521. The predicted octanol–water partition coefficient (Wildman–Crippen LogP) is 2.18. The summed E-state index contributed by atoms with van der Waals surface area (Å²) in [5.41, 5.74) is 1.57. The van der Waals surface area contributed by atoms with E-state index < -0.39 is 6.10 Å². The van der Waals surface area contributed by atoms with Crippen molar-refractivity contribution in [2.24, 2.45) is 5.92 Å². The van der Waals surface area contributed by atoms with E-state index in [0.29, 0.717) is 18.0 Å². The standard InChI is InChI=1S/C17H24N2O3/c1-12(2)10-16(21)11-18-17(22)9-6-14-4-7-15(8-5-14)19-13(3)20/h4-9,12,16,21H,10-11H2,1-3H3,(H,18,22)(H,19,20)/b9-6+. The average Bonchev–Trinajstić information content (AvgIpc) is 2.43. The van der Waals surface area contributed by atoms with Gasteiger partial charge in [0.2, 0.25) is 11.8 Å². The second-order valence-corrected chi connectivity index (χ2v) is 5.67. The molecule has 0 bridgehead atoms. The second-order valence-electron chi connectivity index (χ2n) is 5.67. The van der Waals surface area contributed by atoms with Crippen molar-refractivity contribution in [1.82, 2.24) is 5.32 Å². The van der Waals surface area contributed by atoms with Gasteiger partial charge in [-0.15, -0.1) is 0 Å². The van der Waals surface area contributed by atoms with Crippen LogP contribution in [0.25, 0.3) is 6.08 Å². The number of anilines is 1. The number of carbonyl (C=O) groups is 2. The average molecular weight is 304 g/mol. The van der Waals surface area contributed by atoms with Crippen molar-refractivity contribution in [3.63, 3.8) is 0 Å². The number of nitrogens with one attached hydrogen (secondary N) is 2. The molecule has 0 saturated carbocycles. The van der Waals surface area contributed by atoms with Gasteiger partial charge in [0, 0.05) is 25.2 Å². The maximum atomic E-state index is 11.7. The van der Waals surface area contributed by atoms with Crippen LogP contribution >= 0.6 is 0 Å². The fourth-order valence-corrected chi connectivity index (χ4v) is 1.96. The zero-order chi connectivity index (χ0) is 16.5. The van der Waals surface area contributed by atoms with E-state index in [0.717, 1.165) is 5.56 Å². The molecule has 1 rings (SSSR count). The van der Waals surface area contributed by atoms with Crippen molar-refractivity contribution >= 4 is 23.6 Å². The lowest BCUT2D eigenvalue weighted by Gasteiger charge is -2.12. The van der Waals surface area contributed by atoms with E-state index in [9.17, 15) is 14.7 Å². The van der Waals surface area contributed by atoms with Crippen LogP contribution in [0.1, 0.15) is 32.8 Å². The lowest BCUT2D eigenvalue weighted by Crippen LogP contribution is -2.31. The van der Waals surface area contributed by atoms with Crippen molar-refractivity contribution in [1.29, 1.82) is 0 Å². The van der Waals surface area contributed by atoms with Gasteiger partial charge < -0.3 is 15.7 Å². The van der Waals surface area contributed by atoms with Crippen molar-refractivity contribution in [2.75, 3.05) is 11.9 Å². The van der Waals surface area contributed by atoms with Gasteiger partial charge in [-0.3, -0.25) is 9.59 Å². The van der Waals surface area contributed by atoms with Gasteiger partial charge in [-0.2, -0.15) is 0 Å². The fourth-order valence-electron chi connectivity index (χ4n) is 1.96. The summed E-state index contributed by atoms with van der Waals surface area (Å²) in [5.74, 6) is 0.0286. The molecule has 2 amide bonds. The highest BCUT2D eigenvalue weighted by Crippen LogP contribution is 2.10. The minimum absolute atomic E-state index is 0.123. The molecule has 0 aliphatic heterocycles. The van der Waals surface area contributed by atoms with E-state index in [1.54, 1.807) is 18.2 Å². The van der Waals surface area contributed by atoms with E-state index in [1.807, 2.05) is 26.0 Å². The van der Waals surface area contributed by atoms with E-state index in [1.165, 1.54) is 13.0 Å². The Labute approximate surface area is 131 Å². The molecule has 5 heteroatoms. The molecule has 0 heterocycles. The Hall–Kier alpha value is -2.14. The molecule has 0 aromatic heterocycles. The normalized spacial score (nSPS) is 12.4. The van der Waals surface area contributed by atoms with E-state index in [-0.39, 0.29) is 18.4 Å². The monoisotopic (exact) mass is 304 g/mol. The maximum Gasteiger partial charge on any atom is 0.244 e. The molecular weight excluding hydrogens is 280 g/mol. The first-order valence-corrected chi connectivity index (χ1v) is 7.38. The van der Waals surface area contributed by atoms with Crippen molar-refractivity contribution in [3.05, 3.63) is 35.9 Å². The van der Waals surface area contributed by atoms with Gasteiger partial charge in [0.25, 0.3) is 0 Å². The summed E-state index contributed by atoms with van der Waals surface area (Å²) in [6, 6.07) is 7.15.